The van der Waals surface area contributed by atoms with Gasteiger partial charge in [-0.3, -0.25) is 0 Å². The van der Waals surface area contributed by atoms with Gasteiger partial charge >= 0.3 is 0 Å². The van der Waals surface area contributed by atoms with Crippen molar-refractivity contribution in [2.75, 3.05) is 33.5 Å². The fraction of sp³-hybridized carbons (Fsp3) is 0.500. The van der Waals surface area contributed by atoms with Gasteiger partial charge < -0.3 is 14.2 Å². The lowest BCUT2D eigenvalue weighted by Gasteiger charge is -2.09. The fourth-order valence-electron chi connectivity index (χ4n) is 1.20. The van der Waals surface area contributed by atoms with Crippen LogP contribution in [-0.4, -0.2) is 33.5 Å². The maximum atomic E-state index is 5.73. The fourth-order valence-corrected chi connectivity index (χ4v) is 1.91. The van der Waals surface area contributed by atoms with Crippen molar-refractivity contribution in [2.45, 2.75) is 5.88 Å². The van der Waals surface area contributed by atoms with Gasteiger partial charge in [-0.25, -0.2) is 0 Å². The van der Waals surface area contributed by atoms with Crippen LogP contribution in [0.25, 0.3) is 0 Å². The average molecular weight is 324 g/mol. The van der Waals surface area contributed by atoms with Gasteiger partial charge in [0, 0.05) is 13.0 Å². The summed E-state index contributed by atoms with van der Waals surface area (Å²) in [6.07, 6.45) is 0. The Kier molecular flexibility index (Phi) is 7.60. The molecule has 0 aliphatic carbocycles. The summed E-state index contributed by atoms with van der Waals surface area (Å²) in [6, 6.07) is 5.80. The number of halogens is 2. The van der Waals surface area contributed by atoms with Crippen molar-refractivity contribution in [1.82, 2.24) is 0 Å². The Hall–Kier alpha value is -0.290. The lowest BCUT2D eigenvalue weighted by Crippen LogP contribution is -2.10. The molecule has 5 heteroatoms. The van der Waals surface area contributed by atoms with E-state index in [2.05, 4.69) is 15.9 Å². The molecule has 0 bridgehead atoms. The minimum absolute atomic E-state index is 0.499. The van der Waals surface area contributed by atoms with Crippen molar-refractivity contribution in [3.63, 3.8) is 0 Å². The van der Waals surface area contributed by atoms with E-state index < -0.39 is 0 Å². The molecule has 1 aromatic carbocycles. The summed E-state index contributed by atoms with van der Waals surface area (Å²) >= 11 is 9.17. The number of benzene rings is 1. The van der Waals surface area contributed by atoms with Gasteiger partial charge in [-0.2, -0.15) is 0 Å². The second kappa shape index (κ2) is 8.75. The summed E-state index contributed by atoms with van der Waals surface area (Å²) < 4.78 is 16.6. The SMILES string of the molecule is COCCOCCOc1ccc(CCl)cc1Br. The van der Waals surface area contributed by atoms with Crippen molar-refractivity contribution in [3.05, 3.63) is 28.2 Å². The average Bonchev–Trinajstić information content (AvgIpc) is 2.35. The van der Waals surface area contributed by atoms with E-state index in [-0.39, 0.29) is 0 Å². The Morgan fingerprint density at radius 1 is 1.18 bits per heavy atom. The number of hydrogen-bond acceptors (Lipinski definition) is 3. The summed E-state index contributed by atoms with van der Waals surface area (Å²) in [5.74, 6) is 1.30. The highest BCUT2D eigenvalue weighted by atomic mass is 79.9. The molecule has 0 aliphatic rings. The van der Waals surface area contributed by atoms with E-state index in [0.717, 1.165) is 15.8 Å². The Labute approximate surface area is 115 Å². The standard InChI is InChI=1S/C12H16BrClO3/c1-15-4-5-16-6-7-17-12-3-2-10(9-14)8-11(12)13/h2-3,8H,4-7,9H2,1H3. The highest BCUT2D eigenvalue weighted by molar-refractivity contribution is 9.10. The first-order valence-corrected chi connectivity index (χ1v) is 6.64. The first kappa shape index (κ1) is 14.8. The summed E-state index contributed by atoms with van der Waals surface area (Å²) in [7, 11) is 1.65. The molecule has 3 nitrogen and oxygen atoms in total. The molecule has 1 aromatic rings. The van der Waals surface area contributed by atoms with Gasteiger partial charge in [0.1, 0.15) is 12.4 Å². The maximum Gasteiger partial charge on any atom is 0.133 e. The highest BCUT2D eigenvalue weighted by Gasteiger charge is 2.02. The monoisotopic (exact) mass is 322 g/mol. The Morgan fingerprint density at radius 3 is 2.59 bits per heavy atom. The van der Waals surface area contributed by atoms with Crippen LogP contribution < -0.4 is 4.74 Å². The number of ether oxygens (including phenoxy) is 3. The van der Waals surface area contributed by atoms with Crippen molar-refractivity contribution < 1.29 is 14.2 Å². The largest absolute Gasteiger partial charge is 0.490 e. The molecular formula is C12H16BrClO3. The Bertz CT molecular complexity index is 334. The van der Waals surface area contributed by atoms with Crippen molar-refractivity contribution in [3.8, 4) is 5.75 Å². The van der Waals surface area contributed by atoms with E-state index in [4.69, 9.17) is 25.8 Å². The molecule has 0 saturated carbocycles. The Balaban J connectivity index is 2.27. The zero-order valence-corrected chi connectivity index (χ0v) is 12.1. The number of rotatable bonds is 8. The van der Waals surface area contributed by atoms with Gasteiger partial charge in [0.15, 0.2) is 0 Å². The van der Waals surface area contributed by atoms with E-state index >= 15 is 0 Å². The van der Waals surface area contributed by atoms with Crippen LogP contribution in [0.1, 0.15) is 5.56 Å². The molecule has 0 spiro atoms. The van der Waals surface area contributed by atoms with E-state index in [1.54, 1.807) is 7.11 Å². The van der Waals surface area contributed by atoms with E-state index in [1.807, 2.05) is 18.2 Å². The van der Waals surface area contributed by atoms with Gasteiger partial charge in [-0.1, -0.05) is 6.07 Å². The van der Waals surface area contributed by atoms with Gasteiger partial charge in [-0.05, 0) is 33.6 Å². The summed E-state index contributed by atoms with van der Waals surface area (Å²) in [6.45, 7) is 2.26. The van der Waals surface area contributed by atoms with Gasteiger partial charge in [0.25, 0.3) is 0 Å². The van der Waals surface area contributed by atoms with Crippen molar-refractivity contribution in [1.29, 1.82) is 0 Å². The second-order valence-electron chi connectivity index (χ2n) is 3.35. The third-order valence-corrected chi connectivity index (χ3v) is 3.00. The Morgan fingerprint density at radius 2 is 1.94 bits per heavy atom. The maximum absolute atomic E-state index is 5.73. The van der Waals surface area contributed by atoms with Crippen LogP contribution in [0.4, 0.5) is 0 Å². The zero-order chi connectivity index (χ0) is 12.5. The van der Waals surface area contributed by atoms with Crippen LogP contribution in [0.5, 0.6) is 5.75 Å². The quantitative estimate of drug-likeness (QED) is 0.543. The first-order chi connectivity index (χ1) is 8.27. The molecule has 0 fully saturated rings. The predicted octanol–water partition coefficient (Wildman–Crippen LogP) is 3.23. The predicted molar refractivity (Wildman–Crippen MR) is 71.9 cm³/mol. The molecule has 0 radical (unpaired) electrons. The molecule has 0 atom stereocenters. The third-order valence-electron chi connectivity index (χ3n) is 2.07. The number of hydrogen-bond donors (Lipinski definition) is 0. The normalized spacial score (nSPS) is 10.5. The zero-order valence-electron chi connectivity index (χ0n) is 9.75. The molecule has 96 valence electrons. The lowest BCUT2D eigenvalue weighted by atomic mass is 10.2. The van der Waals surface area contributed by atoms with Crippen LogP contribution in [0.3, 0.4) is 0 Å². The highest BCUT2D eigenvalue weighted by Crippen LogP contribution is 2.26. The number of alkyl halides is 1. The molecule has 0 aromatic heterocycles. The molecule has 0 amide bonds. The summed E-state index contributed by atoms with van der Waals surface area (Å²) in [4.78, 5) is 0. The lowest BCUT2D eigenvalue weighted by molar-refractivity contribution is 0.0543. The molecule has 0 unspecified atom stereocenters. The van der Waals surface area contributed by atoms with E-state index in [0.29, 0.717) is 32.3 Å². The molecule has 0 saturated heterocycles. The van der Waals surface area contributed by atoms with Crippen LogP contribution in [0.2, 0.25) is 0 Å². The van der Waals surface area contributed by atoms with Crippen LogP contribution >= 0.6 is 27.5 Å². The summed E-state index contributed by atoms with van der Waals surface area (Å²) in [5, 5.41) is 0. The molecule has 0 N–H and O–H groups in total. The molecule has 17 heavy (non-hydrogen) atoms. The smallest absolute Gasteiger partial charge is 0.133 e. The van der Waals surface area contributed by atoms with E-state index in [1.165, 1.54) is 0 Å². The van der Waals surface area contributed by atoms with Gasteiger partial charge in [0.05, 0.1) is 24.3 Å². The van der Waals surface area contributed by atoms with Gasteiger partial charge in [0.2, 0.25) is 0 Å². The third kappa shape index (κ3) is 5.73. The molecule has 0 heterocycles. The minimum atomic E-state index is 0.499. The van der Waals surface area contributed by atoms with Crippen LogP contribution in [0, 0.1) is 0 Å². The van der Waals surface area contributed by atoms with Crippen molar-refractivity contribution in [2.24, 2.45) is 0 Å². The van der Waals surface area contributed by atoms with Crippen molar-refractivity contribution >= 4 is 27.5 Å². The number of methoxy groups -OCH3 is 1. The second-order valence-corrected chi connectivity index (χ2v) is 4.47. The topological polar surface area (TPSA) is 27.7 Å². The van der Waals surface area contributed by atoms with Crippen LogP contribution in [-0.2, 0) is 15.4 Å². The first-order valence-electron chi connectivity index (χ1n) is 5.31. The van der Waals surface area contributed by atoms with E-state index in [9.17, 15) is 0 Å². The van der Waals surface area contributed by atoms with Gasteiger partial charge in [-0.15, -0.1) is 11.6 Å². The molecule has 1 rings (SSSR count). The summed E-state index contributed by atoms with van der Waals surface area (Å²) in [5.41, 5.74) is 1.06. The molecule has 0 aliphatic heterocycles. The van der Waals surface area contributed by atoms with Crippen LogP contribution in [0.15, 0.2) is 22.7 Å². The minimum Gasteiger partial charge on any atom is -0.490 e. The molecular weight excluding hydrogens is 307 g/mol.